The van der Waals surface area contributed by atoms with E-state index >= 15 is 0 Å². The molecule has 0 radical (unpaired) electrons. The Labute approximate surface area is 193 Å². The first-order valence-corrected chi connectivity index (χ1v) is 12.6. The van der Waals surface area contributed by atoms with Crippen LogP contribution in [0.25, 0.3) is 10.1 Å². The minimum atomic E-state index is -3.70. The molecule has 1 heterocycles. The molecule has 0 unspecified atom stereocenters. The van der Waals surface area contributed by atoms with Gasteiger partial charge in [-0.1, -0.05) is 34.1 Å². The number of nitrogens with zero attached hydrogens (tertiary/aromatic N) is 1. The van der Waals surface area contributed by atoms with E-state index in [-0.39, 0.29) is 17.3 Å². The molecule has 0 aliphatic rings. The molecule has 4 rings (SSSR count). The van der Waals surface area contributed by atoms with E-state index in [1.807, 2.05) is 42.5 Å². The molecule has 158 valence electrons. The Bertz CT molecular complexity index is 1330. The van der Waals surface area contributed by atoms with Gasteiger partial charge in [-0.25, -0.2) is 8.42 Å². The number of carbonyl (C=O) groups excluding carboxylic acids is 1. The molecule has 5 nitrogen and oxygen atoms in total. The van der Waals surface area contributed by atoms with Crippen molar-refractivity contribution in [3.05, 3.63) is 88.2 Å². The van der Waals surface area contributed by atoms with Crippen LogP contribution in [0.15, 0.2) is 88.2 Å². The molecule has 8 heteroatoms. The van der Waals surface area contributed by atoms with E-state index in [0.29, 0.717) is 10.6 Å². The average molecular weight is 515 g/mol. The second kappa shape index (κ2) is 8.82. The van der Waals surface area contributed by atoms with Crippen LogP contribution in [0.4, 0.5) is 11.4 Å². The first-order valence-electron chi connectivity index (χ1n) is 9.57. The molecule has 0 spiro atoms. The maximum atomic E-state index is 13.2. The highest BCUT2D eigenvalue weighted by Gasteiger charge is 2.24. The van der Waals surface area contributed by atoms with Gasteiger partial charge in [-0.05, 0) is 73.0 Å². The highest BCUT2D eigenvalue weighted by molar-refractivity contribution is 9.10. The van der Waals surface area contributed by atoms with Crippen molar-refractivity contribution >= 4 is 64.7 Å². The van der Waals surface area contributed by atoms with Gasteiger partial charge in [0.2, 0.25) is 0 Å². The highest BCUT2D eigenvalue weighted by atomic mass is 79.9. The smallest absolute Gasteiger partial charge is 0.265 e. The summed E-state index contributed by atoms with van der Waals surface area (Å²) >= 11 is 4.71. The Hall–Kier alpha value is -2.68. The van der Waals surface area contributed by atoms with E-state index in [9.17, 15) is 13.2 Å². The molecule has 3 aromatic carbocycles. The first-order chi connectivity index (χ1) is 14.9. The van der Waals surface area contributed by atoms with E-state index in [1.54, 1.807) is 43.3 Å². The van der Waals surface area contributed by atoms with E-state index in [0.717, 1.165) is 20.2 Å². The largest absolute Gasteiger partial charge is 0.321 e. The van der Waals surface area contributed by atoms with Crippen molar-refractivity contribution in [3.63, 3.8) is 0 Å². The first kappa shape index (κ1) is 21.5. The van der Waals surface area contributed by atoms with Crippen LogP contribution in [0, 0.1) is 0 Å². The van der Waals surface area contributed by atoms with E-state index in [4.69, 9.17) is 0 Å². The molecular formula is C23H19BrN2O3S2. The van der Waals surface area contributed by atoms with Crippen LogP contribution in [0.5, 0.6) is 0 Å². The molecule has 0 fully saturated rings. The van der Waals surface area contributed by atoms with E-state index in [2.05, 4.69) is 21.2 Å². The van der Waals surface area contributed by atoms with Crippen LogP contribution in [-0.2, 0) is 10.0 Å². The number of carbonyl (C=O) groups is 1. The fraction of sp³-hybridized carbons (Fsp3) is 0.0870. The lowest BCUT2D eigenvalue weighted by Crippen LogP contribution is -2.30. The third-order valence-corrected chi connectivity index (χ3v) is 8.29. The summed E-state index contributed by atoms with van der Waals surface area (Å²) in [7, 11) is -3.70. The number of sulfonamides is 1. The van der Waals surface area contributed by atoms with Crippen LogP contribution in [0.2, 0.25) is 0 Å². The zero-order valence-electron chi connectivity index (χ0n) is 16.6. The van der Waals surface area contributed by atoms with Crippen molar-refractivity contribution in [1.82, 2.24) is 0 Å². The fourth-order valence-electron chi connectivity index (χ4n) is 3.24. The lowest BCUT2D eigenvalue weighted by Gasteiger charge is -2.23. The number of amides is 1. The lowest BCUT2D eigenvalue weighted by molar-refractivity contribution is 0.103. The Morgan fingerprint density at radius 3 is 2.39 bits per heavy atom. The predicted molar refractivity (Wildman–Crippen MR) is 131 cm³/mol. The number of para-hydroxylation sites is 1. The number of thiophene rings is 1. The summed E-state index contributed by atoms with van der Waals surface area (Å²) in [5, 5.41) is 3.70. The molecule has 0 saturated heterocycles. The molecule has 0 aliphatic heterocycles. The third kappa shape index (κ3) is 4.51. The molecule has 31 heavy (non-hydrogen) atoms. The molecule has 1 amide bonds. The maximum absolute atomic E-state index is 13.2. The number of anilines is 2. The zero-order chi connectivity index (χ0) is 22.0. The molecular weight excluding hydrogens is 496 g/mol. The quantitative estimate of drug-likeness (QED) is 0.336. The van der Waals surface area contributed by atoms with Gasteiger partial charge in [0.15, 0.2) is 0 Å². The Morgan fingerprint density at radius 1 is 1.00 bits per heavy atom. The van der Waals surface area contributed by atoms with Gasteiger partial charge in [-0.15, -0.1) is 11.3 Å². The Morgan fingerprint density at radius 2 is 1.71 bits per heavy atom. The van der Waals surface area contributed by atoms with Gasteiger partial charge in [-0.2, -0.15) is 0 Å². The minimum absolute atomic E-state index is 0.191. The molecule has 1 aromatic heterocycles. The summed E-state index contributed by atoms with van der Waals surface area (Å²) in [5.41, 5.74) is 1.29. The normalized spacial score (nSPS) is 11.4. The molecule has 0 bridgehead atoms. The number of fused-ring (bicyclic) bond motifs is 1. The second-order valence-corrected chi connectivity index (χ2v) is 10.6. The Kier molecular flexibility index (Phi) is 6.13. The number of hydrogen-bond acceptors (Lipinski definition) is 4. The number of rotatable bonds is 6. The number of benzene rings is 3. The number of halogens is 1. The summed E-state index contributed by atoms with van der Waals surface area (Å²) in [6.45, 7) is 2.09. The van der Waals surface area contributed by atoms with Crippen molar-refractivity contribution in [1.29, 1.82) is 0 Å². The van der Waals surface area contributed by atoms with Crippen molar-refractivity contribution in [3.8, 4) is 0 Å². The van der Waals surface area contributed by atoms with Gasteiger partial charge in [0.1, 0.15) is 0 Å². The molecule has 4 aromatic rings. The van der Waals surface area contributed by atoms with Crippen LogP contribution in [-0.4, -0.2) is 20.9 Å². The van der Waals surface area contributed by atoms with Gasteiger partial charge < -0.3 is 5.32 Å². The fourth-order valence-corrected chi connectivity index (χ4v) is 5.91. The van der Waals surface area contributed by atoms with Crippen LogP contribution in [0.1, 0.15) is 16.6 Å². The van der Waals surface area contributed by atoms with Crippen molar-refractivity contribution in [2.24, 2.45) is 0 Å². The molecule has 0 saturated carbocycles. The minimum Gasteiger partial charge on any atom is -0.321 e. The third-order valence-electron chi connectivity index (χ3n) is 4.73. The molecule has 1 N–H and O–H groups in total. The van der Waals surface area contributed by atoms with Crippen molar-refractivity contribution < 1.29 is 13.2 Å². The topological polar surface area (TPSA) is 66.5 Å². The number of nitrogens with one attached hydrogen (secondary N) is 1. The standard InChI is InChI=1S/C23H19BrN2O3S2/c1-2-26(31(28,29)20-11-8-17(24)9-12-20)19-10-13-21-16(14-19)15-22(30-21)23(27)25-18-6-4-3-5-7-18/h3-15H,2H2,1H3,(H,25,27). The monoisotopic (exact) mass is 514 g/mol. The maximum Gasteiger partial charge on any atom is 0.265 e. The molecule has 0 atom stereocenters. The average Bonchev–Trinajstić information content (AvgIpc) is 3.19. The Balaban J connectivity index is 1.65. The zero-order valence-corrected chi connectivity index (χ0v) is 19.8. The summed E-state index contributed by atoms with van der Waals surface area (Å²) in [4.78, 5) is 13.4. The van der Waals surface area contributed by atoms with Gasteiger partial charge >= 0.3 is 0 Å². The van der Waals surface area contributed by atoms with Crippen LogP contribution in [0.3, 0.4) is 0 Å². The van der Waals surface area contributed by atoms with Gasteiger partial charge in [-0.3, -0.25) is 9.10 Å². The highest BCUT2D eigenvalue weighted by Crippen LogP contribution is 2.32. The number of hydrogen-bond donors (Lipinski definition) is 1. The summed E-state index contributed by atoms with van der Waals surface area (Å²) in [6, 6.07) is 23.1. The van der Waals surface area contributed by atoms with Crippen LogP contribution >= 0.6 is 27.3 Å². The molecule has 0 aliphatic carbocycles. The van der Waals surface area contributed by atoms with E-state index in [1.165, 1.54) is 15.6 Å². The SMILES string of the molecule is CCN(c1ccc2sc(C(=O)Nc3ccccc3)cc2c1)S(=O)(=O)c1ccc(Br)cc1. The lowest BCUT2D eigenvalue weighted by atomic mass is 10.2. The predicted octanol–water partition coefficient (Wildman–Crippen LogP) is 6.13. The van der Waals surface area contributed by atoms with Crippen molar-refractivity contribution in [2.75, 3.05) is 16.2 Å². The summed E-state index contributed by atoms with van der Waals surface area (Å²) in [6.07, 6.45) is 0. The summed E-state index contributed by atoms with van der Waals surface area (Å²) in [5.74, 6) is -0.191. The summed E-state index contributed by atoms with van der Waals surface area (Å²) < 4.78 is 29.5. The van der Waals surface area contributed by atoms with Gasteiger partial charge in [0.25, 0.3) is 15.9 Å². The van der Waals surface area contributed by atoms with Crippen molar-refractivity contribution in [2.45, 2.75) is 11.8 Å². The van der Waals surface area contributed by atoms with Crippen LogP contribution < -0.4 is 9.62 Å². The van der Waals surface area contributed by atoms with Gasteiger partial charge in [0, 0.05) is 21.4 Å². The van der Waals surface area contributed by atoms with E-state index < -0.39 is 10.0 Å². The van der Waals surface area contributed by atoms with Gasteiger partial charge in [0.05, 0.1) is 15.5 Å². The second-order valence-electron chi connectivity index (χ2n) is 6.78.